The molecule has 5 aliphatic rings. The lowest BCUT2D eigenvalue weighted by Crippen LogP contribution is -2.70. The van der Waals surface area contributed by atoms with Crippen LogP contribution in [0.4, 0.5) is 13.2 Å². The zero-order valence-electron chi connectivity index (χ0n) is 20.4. The smallest absolute Gasteiger partial charge is 0.255 e. The molecule has 13 heteroatoms. The number of ether oxygens (including phenoxy) is 2. The van der Waals surface area contributed by atoms with Crippen molar-refractivity contribution in [3.05, 3.63) is 0 Å². The monoisotopic (exact) mass is 540 g/mol. The highest BCUT2D eigenvalue weighted by atomic mass is 35.5. The van der Waals surface area contributed by atoms with Crippen LogP contribution in [0.1, 0.15) is 57.8 Å². The second kappa shape index (κ2) is 11.3. The molecule has 6 atom stereocenters. The molecule has 0 aromatic carbocycles. The number of amides is 2. The first kappa shape index (κ1) is 27.8. The van der Waals surface area contributed by atoms with Gasteiger partial charge in [0.15, 0.2) is 0 Å². The van der Waals surface area contributed by atoms with Crippen LogP contribution in [0.5, 0.6) is 0 Å². The summed E-state index contributed by atoms with van der Waals surface area (Å²) in [5, 5.41) is 17.7. The number of aliphatic hydroxyl groups is 1. The molecule has 9 nitrogen and oxygen atoms in total. The maximum absolute atomic E-state index is 13.8. The number of hydrogen-bond donors (Lipinski definition) is 4. The number of nitrogens with zero attached hydrogens (tertiary/aromatic N) is 1. The Bertz CT molecular complexity index is 804. The van der Waals surface area contributed by atoms with Gasteiger partial charge < -0.3 is 25.2 Å². The first-order valence-corrected chi connectivity index (χ1v) is 13.0. The van der Waals surface area contributed by atoms with Crippen molar-refractivity contribution in [2.75, 3.05) is 20.3 Å². The molecule has 5 unspecified atom stereocenters. The van der Waals surface area contributed by atoms with E-state index in [0.29, 0.717) is 38.5 Å². The molecule has 0 spiro atoms. The Hall–Kier alpha value is -1.18. The fraction of sp³-hybridized carbons (Fsp3) is 0.913. The van der Waals surface area contributed by atoms with Gasteiger partial charge in [0.1, 0.15) is 25.6 Å². The number of aliphatic hydroxyl groups excluding tert-OH is 1. The van der Waals surface area contributed by atoms with Crippen LogP contribution in [0.2, 0.25) is 0 Å². The van der Waals surface area contributed by atoms with E-state index in [0.717, 1.165) is 0 Å². The highest BCUT2D eigenvalue weighted by Crippen LogP contribution is 2.47. The fourth-order valence-electron chi connectivity index (χ4n) is 5.98. The predicted molar refractivity (Wildman–Crippen MR) is 124 cm³/mol. The first-order valence-electron chi connectivity index (χ1n) is 12.6. The molecular weight excluding hydrogens is 505 g/mol. The molecule has 4 aliphatic carbocycles. The largest absolute Gasteiger partial charge is 0.391 e. The average molecular weight is 541 g/mol. The van der Waals surface area contributed by atoms with Gasteiger partial charge in [0.25, 0.3) is 6.43 Å². The summed E-state index contributed by atoms with van der Waals surface area (Å²) >= 11 is 5.89. The molecule has 1 aliphatic heterocycles. The number of hydrazine groups is 1. The maximum Gasteiger partial charge on any atom is 0.255 e. The Morgan fingerprint density at radius 1 is 1.11 bits per heavy atom. The van der Waals surface area contributed by atoms with Gasteiger partial charge in [0.2, 0.25) is 11.8 Å². The average Bonchev–Trinajstić information content (AvgIpc) is 3.20. The molecule has 0 aromatic heterocycles. The third kappa shape index (κ3) is 6.27. The molecule has 4 N–H and O–H groups in total. The number of rotatable bonds is 9. The Morgan fingerprint density at radius 3 is 2.39 bits per heavy atom. The van der Waals surface area contributed by atoms with Gasteiger partial charge in [0.05, 0.1) is 29.2 Å². The number of halogens is 4. The van der Waals surface area contributed by atoms with Gasteiger partial charge in [0, 0.05) is 25.4 Å². The summed E-state index contributed by atoms with van der Waals surface area (Å²) in [6, 6.07) is -1.02. The second-order valence-corrected chi connectivity index (χ2v) is 11.3. The molecule has 5 rings (SSSR count). The van der Waals surface area contributed by atoms with Crippen molar-refractivity contribution in [1.82, 2.24) is 21.1 Å². The molecule has 0 aromatic rings. The highest BCUT2D eigenvalue weighted by molar-refractivity contribution is 6.21. The Balaban J connectivity index is 1.21. The number of fused-ring (bicyclic) bond motifs is 3. The van der Waals surface area contributed by atoms with Crippen LogP contribution < -0.4 is 16.1 Å². The van der Waals surface area contributed by atoms with Crippen molar-refractivity contribution in [2.24, 2.45) is 0 Å². The van der Waals surface area contributed by atoms with Gasteiger partial charge in [-0.15, -0.1) is 11.6 Å². The first-order chi connectivity index (χ1) is 17.0. The van der Waals surface area contributed by atoms with Gasteiger partial charge >= 0.3 is 0 Å². The van der Waals surface area contributed by atoms with Gasteiger partial charge in [-0.3, -0.25) is 9.59 Å². The van der Waals surface area contributed by atoms with Crippen LogP contribution in [0.15, 0.2) is 0 Å². The lowest BCUT2D eigenvalue weighted by molar-refractivity contribution is -0.143. The zero-order valence-corrected chi connectivity index (χ0v) is 21.1. The number of hydrogen-bond acceptors (Lipinski definition) is 7. The van der Waals surface area contributed by atoms with E-state index in [1.54, 1.807) is 7.05 Å². The summed E-state index contributed by atoms with van der Waals surface area (Å²) in [7, 11) is 1.58. The topological polar surface area (TPSA) is 112 Å². The molecule has 4 saturated carbocycles. The van der Waals surface area contributed by atoms with Crippen molar-refractivity contribution in [3.8, 4) is 0 Å². The number of carbonyl (C=O) groups is 2. The predicted octanol–water partition coefficient (Wildman–Crippen LogP) is 1.37. The molecule has 1 heterocycles. The van der Waals surface area contributed by atoms with Crippen molar-refractivity contribution in [3.63, 3.8) is 0 Å². The van der Waals surface area contributed by atoms with E-state index in [9.17, 15) is 27.9 Å². The summed E-state index contributed by atoms with van der Waals surface area (Å²) in [5.74, 6) is -0.735. The number of nitrogens with one attached hydrogen (secondary N) is 3. The number of carbonyl (C=O) groups excluding carboxylic acids is 2. The minimum atomic E-state index is -2.53. The van der Waals surface area contributed by atoms with E-state index in [1.807, 2.05) is 0 Å². The Morgan fingerprint density at radius 2 is 1.78 bits per heavy atom. The molecule has 2 amide bonds. The minimum Gasteiger partial charge on any atom is -0.391 e. The highest BCUT2D eigenvalue weighted by Gasteiger charge is 2.55. The molecule has 36 heavy (non-hydrogen) atoms. The summed E-state index contributed by atoms with van der Waals surface area (Å²) in [4.78, 5) is 25.2. The van der Waals surface area contributed by atoms with Gasteiger partial charge in [-0.25, -0.2) is 23.6 Å². The van der Waals surface area contributed by atoms with Crippen LogP contribution in [0, 0.1) is 0 Å². The third-order valence-corrected chi connectivity index (χ3v) is 8.67. The summed E-state index contributed by atoms with van der Waals surface area (Å²) in [5.41, 5.74) is 1.22. The van der Waals surface area contributed by atoms with E-state index in [-0.39, 0.29) is 44.5 Å². The van der Waals surface area contributed by atoms with E-state index in [2.05, 4.69) is 16.1 Å². The normalized spacial score (nSPS) is 41.0. The van der Waals surface area contributed by atoms with Crippen LogP contribution in [-0.2, 0) is 19.1 Å². The van der Waals surface area contributed by atoms with Crippen LogP contribution in [-0.4, -0.2) is 95.7 Å². The van der Waals surface area contributed by atoms with Crippen molar-refractivity contribution in [1.29, 1.82) is 0 Å². The van der Waals surface area contributed by atoms with E-state index in [1.165, 1.54) is 5.01 Å². The van der Waals surface area contributed by atoms with Gasteiger partial charge in [-0.1, -0.05) is 0 Å². The lowest BCUT2D eigenvalue weighted by atomic mass is 9.60. The van der Waals surface area contributed by atoms with Crippen LogP contribution in [0.25, 0.3) is 0 Å². The van der Waals surface area contributed by atoms with Gasteiger partial charge in [-0.05, 0) is 44.9 Å². The minimum absolute atomic E-state index is 0.0590. The standard InChI is InChI=1S/C23H36ClF3N4O5/c1-31-20(9-16(30-31)21(26)27)36-12-19(34)29-23-6-4-22(5-7-23,10-17(23)32)28-18(33)11-35-13-2-3-14(24)15(25)8-13/h13-17,20-21,30,32H,2-12H2,1H3,(H,28,33)(H,29,34)/t13?,14?,15?,16?,17-,20?,22?,23?/m0/s1. The molecule has 1 saturated heterocycles. The molecule has 2 bridgehead atoms. The summed E-state index contributed by atoms with van der Waals surface area (Å²) < 4.78 is 50.7. The lowest BCUT2D eigenvalue weighted by Gasteiger charge is -2.56. The van der Waals surface area contributed by atoms with Gasteiger partial charge in [-0.2, -0.15) is 0 Å². The molecule has 5 fully saturated rings. The van der Waals surface area contributed by atoms with E-state index in [4.69, 9.17) is 21.1 Å². The molecule has 206 valence electrons. The Kier molecular flexibility index (Phi) is 8.73. The number of alkyl halides is 4. The Labute approximate surface area is 213 Å². The maximum atomic E-state index is 13.8. The molecular formula is C23H36ClF3N4O5. The quantitative estimate of drug-likeness (QED) is 0.327. The van der Waals surface area contributed by atoms with Crippen LogP contribution >= 0.6 is 11.6 Å². The third-order valence-electron chi connectivity index (χ3n) is 8.18. The summed E-state index contributed by atoms with van der Waals surface area (Å²) in [6.45, 7) is -0.496. The van der Waals surface area contributed by atoms with Crippen molar-refractivity contribution >= 4 is 23.4 Å². The molecule has 0 radical (unpaired) electrons. The SMILES string of the molecule is CN1NC(C(F)F)CC1OCC(=O)NC12CCC(NC(=O)COC3CCC(Cl)C(F)C3)(CC1)C[C@@H]2O. The fourth-order valence-corrected chi connectivity index (χ4v) is 6.21. The van der Waals surface area contributed by atoms with E-state index < -0.39 is 53.3 Å². The summed E-state index contributed by atoms with van der Waals surface area (Å²) in [6.07, 6.45) is -1.79. The second-order valence-electron chi connectivity index (χ2n) is 10.7. The zero-order chi connectivity index (χ0) is 26.1. The van der Waals surface area contributed by atoms with Crippen molar-refractivity contribution < 1.29 is 37.3 Å². The van der Waals surface area contributed by atoms with Crippen LogP contribution in [0.3, 0.4) is 0 Å². The van der Waals surface area contributed by atoms with Crippen molar-refractivity contribution in [2.45, 2.75) is 111 Å². The van der Waals surface area contributed by atoms with E-state index >= 15 is 0 Å².